The van der Waals surface area contributed by atoms with Gasteiger partial charge < -0.3 is 10.0 Å². The second-order valence-electron chi connectivity index (χ2n) is 5.84. The Morgan fingerprint density at radius 3 is 2.50 bits per heavy atom. The van der Waals surface area contributed by atoms with E-state index in [1.807, 2.05) is 4.90 Å². The first-order chi connectivity index (χ1) is 11.2. The molecule has 1 amide bonds. The van der Waals surface area contributed by atoms with Crippen LogP contribution in [0.15, 0.2) is 12.3 Å². The molecule has 0 unspecified atom stereocenters. The van der Waals surface area contributed by atoms with E-state index >= 15 is 0 Å². The topological polar surface area (TPSA) is 69.6 Å². The van der Waals surface area contributed by atoms with E-state index in [2.05, 4.69) is 9.97 Å². The van der Waals surface area contributed by atoms with Crippen molar-refractivity contribution in [3.8, 4) is 0 Å². The summed E-state index contributed by atoms with van der Waals surface area (Å²) in [6.45, 7) is 4.46. The Hall–Kier alpha value is -2.10. The number of piperazine rings is 1. The second-order valence-corrected chi connectivity index (χ2v) is 6.79. The molecule has 0 saturated carbocycles. The molecule has 3 rings (SSSR count). The molecule has 0 spiro atoms. The first kappa shape index (κ1) is 16.7. The van der Waals surface area contributed by atoms with Gasteiger partial charge >= 0.3 is 12.3 Å². The predicted octanol–water partition coefficient (Wildman–Crippen LogP) is 3.29. The number of thiazole rings is 1. The quantitative estimate of drug-likeness (QED) is 0.845. The lowest BCUT2D eigenvalue weighted by atomic mass is 10.1. The number of anilines is 1. The highest BCUT2D eigenvalue weighted by Crippen LogP contribution is 2.34. The van der Waals surface area contributed by atoms with Crippen LogP contribution in [-0.4, -0.2) is 51.2 Å². The summed E-state index contributed by atoms with van der Waals surface area (Å²) in [5.74, 6) is 0. The number of carbonyl (C=O) groups is 1. The number of hydrogen-bond acceptors (Lipinski definition) is 5. The molecule has 3 heterocycles. The third kappa shape index (κ3) is 2.97. The van der Waals surface area contributed by atoms with E-state index in [1.54, 1.807) is 13.8 Å². The zero-order valence-electron chi connectivity index (χ0n) is 12.9. The van der Waals surface area contributed by atoms with Gasteiger partial charge in [0.25, 0.3) is 0 Å². The Morgan fingerprint density at radius 1 is 1.33 bits per heavy atom. The van der Waals surface area contributed by atoms with Gasteiger partial charge in [0.1, 0.15) is 10.3 Å². The average Bonchev–Trinajstić information content (AvgIpc) is 2.87. The van der Waals surface area contributed by atoms with Crippen LogP contribution in [0.3, 0.4) is 0 Å². The van der Waals surface area contributed by atoms with Gasteiger partial charge in [0.05, 0.1) is 17.6 Å². The molecule has 10 heteroatoms. The number of hydrogen-bond donors (Lipinski definition) is 1. The molecule has 1 aliphatic rings. The van der Waals surface area contributed by atoms with Crippen molar-refractivity contribution in [1.82, 2.24) is 14.9 Å². The van der Waals surface area contributed by atoms with Crippen LogP contribution in [0.25, 0.3) is 10.3 Å². The van der Waals surface area contributed by atoms with E-state index in [4.69, 9.17) is 0 Å². The molecule has 0 aromatic carbocycles. The summed E-state index contributed by atoms with van der Waals surface area (Å²) in [6.07, 6.45) is -4.63. The standard InChI is InChI=1S/C14H15F3N4O2S/c1-7-5-20(6-8(2)21(7)13(22)23)12-19-10-3-9(14(15,16)17)4-18-11(10)24-12/h3-4,7-8H,5-6H2,1-2H3,(H,22,23)/t7-,8+. The fourth-order valence-corrected chi connectivity index (χ4v) is 3.87. The lowest BCUT2D eigenvalue weighted by Gasteiger charge is -2.42. The van der Waals surface area contributed by atoms with Crippen LogP contribution in [0.4, 0.5) is 23.1 Å². The first-order valence-electron chi connectivity index (χ1n) is 7.27. The highest BCUT2D eigenvalue weighted by atomic mass is 32.1. The van der Waals surface area contributed by atoms with Gasteiger partial charge in [-0.25, -0.2) is 14.8 Å². The van der Waals surface area contributed by atoms with Crippen molar-refractivity contribution in [2.45, 2.75) is 32.1 Å². The highest BCUT2D eigenvalue weighted by Gasteiger charge is 2.35. The second kappa shape index (κ2) is 5.76. The van der Waals surface area contributed by atoms with E-state index in [-0.39, 0.29) is 17.6 Å². The minimum atomic E-state index is -4.46. The Morgan fingerprint density at radius 2 is 1.96 bits per heavy atom. The minimum absolute atomic E-state index is 0.200. The van der Waals surface area contributed by atoms with Crippen LogP contribution < -0.4 is 4.90 Å². The number of halogens is 3. The molecule has 1 fully saturated rings. The third-order valence-electron chi connectivity index (χ3n) is 3.97. The van der Waals surface area contributed by atoms with Gasteiger partial charge in [-0.15, -0.1) is 0 Å². The van der Waals surface area contributed by atoms with Gasteiger partial charge in [-0.3, -0.25) is 4.90 Å². The average molecular weight is 360 g/mol. The lowest BCUT2D eigenvalue weighted by Crippen LogP contribution is -2.58. The number of rotatable bonds is 1. The molecule has 0 aliphatic carbocycles. The largest absolute Gasteiger partial charge is 0.465 e. The Bertz CT molecular complexity index is 767. The number of alkyl halides is 3. The molecule has 1 N–H and O–H groups in total. The maximum atomic E-state index is 12.8. The molecule has 2 atom stereocenters. The summed E-state index contributed by atoms with van der Waals surface area (Å²) in [6, 6.07) is 0.511. The lowest BCUT2D eigenvalue weighted by molar-refractivity contribution is -0.137. The van der Waals surface area contributed by atoms with Crippen LogP contribution in [-0.2, 0) is 6.18 Å². The van der Waals surface area contributed by atoms with E-state index in [1.165, 1.54) is 16.2 Å². The molecule has 6 nitrogen and oxygen atoms in total. The molecule has 0 radical (unpaired) electrons. The van der Waals surface area contributed by atoms with Crippen molar-refractivity contribution in [1.29, 1.82) is 0 Å². The van der Waals surface area contributed by atoms with Gasteiger partial charge in [0.2, 0.25) is 0 Å². The first-order valence-corrected chi connectivity index (χ1v) is 8.08. The zero-order valence-corrected chi connectivity index (χ0v) is 13.7. The summed E-state index contributed by atoms with van der Waals surface area (Å²) < 4.78 is 38.3. The smallest absolute Gasteiger partial charge is 0.417 e. The molecule has 1 saturated heterocycles. The van der Waals surface area contributed by atoms with E-state index in [0.717, 1.165) is 12.3 Å². The molecule has 24 heavy (non-hydrogen) atoms. The molecule has 1 aliphatic heterocycles. The maximum absolute atomic E-state index is 12.8. The molecule has 2 aromatic heterocycles. The van der Waals surface area contributed by atoms with Crippen molar-refractivity contribution >= 4 is 32.9 Å². The van der Waals surface area contributed by atoms with E-state index in [9.17, 15) is 23.1 Å². The number of fused-ring (bicyclic) bond motifs is 1. The van der Waals surface area contributed by atoms with Crippen molar-refractivity contribution in [2.24, 2.45) is 0 Å². The van der Waals surface area contributed by atoms with Crippen molar-refractivity contribution in [3.05, 3.63) is 17.8 Å². The fourth-order valence-electron chi connectivity index (χ4n) is 2.96. The molecule has 130 valence electrons. The summed E-state index contributed by atoms with van der Waals surface area (Å²) in [5.41, 5.74) is -0.630. The predicted molar refractivity (Wildman–Crippen MR) is 83.4 cm³/mol. The Labute approximate surface area is 139 Å². The third-order valence-corrected chi connectivity index (χ3v) is 5.01. The maximum Gasteiger partial charge on any atom is 0.417 e. The summed E-state index contributed by atoms with van der Waals surface area (Å²) in [5, 5.41) is 9.79. The number of aromatic nitrogens is 2. The van der Waals surface area contributed by atoms with Crippen molar-refractivity contribution < 1.29 is 23.1 Å². The molecule has 0 bridgehead atoms. The SMILES string of the molecule is C[C@@H]1CN(c2nc3cc(C(F)(F)F)cnc3s2)C[C@H](C)N1C(=O)O. The number of nitrogens with zero attached hydrogens (tertiary/aromatic N) is 4. The van der Waals surface area contributed by atoms with Crippen LogP contribution >= 0.6 is 11.3 Å². The highest BCUT2D eigenvalue weighted by molar-refractivity contribution is 7.21. The molecular weight excluding hydrogens is 345 g/mol. The van der Waals surface area contributed by atoms with Gasteiger partial charge in [0, 0.05) is 19.3 Å². The van der Waals surface area contributed by atoms with E-state index in [0.29, 0.717) is 23.1 Å². The zero-order chi connectivity index (χ0) is 17.6. The van der Waals surface area contributed by atoms with Gasteiger partial charge in [0.15, 0.2) is 5.13 Å². The summed E-state index contributed by atoms with van der Waals surface area (Å²) in [4.78, 5) is 23.1. The molecular formula is C14H15F3N4O2S. The van der Waals surface area contributed by atoms with Crippen LogP contribution in [0.2, 0.25) is 0 Å². The minimum Gasteiger partial charge on any atom is -0.465 e. The monoisotopic (exact) mass is 360 g/mol. The number of carboxylic acid groups (broad SMARTS) is 1. The Balaban J connectivity index is 1.89. The van der Waals surface area contributed by atoms with Gasteiger partial charge in [-0.1, -0.05) is 11.3 Å². The summed E-state index contributed by atoms with van der Waals surface area (Å²) in [7, 11) is 0. The number of pyridine rings is 1. The van der Waals surface area contributed by atoms with E-state index < -0.39 is 17.8 Å². The Kier molecular flexibility index (Phi) is 4.02. The molecule has 2 aromatic rings. The summed E-state index contributed by atoms with van der Waals surface area (Å²) >= 11 is 1.21. The van der Waals surface area contributed by atoms with Crippen molar-refractivity contribution in [3.63, 3.8) is 0 Å². The van der Waals surface area contributed by atoms with Gasteiger partial charge in [-0.05, 0) is 19.9 Å². The van der Waals surface area contributed by atoms with Gasteiger partial charge in [-0.2, -0.15) is 13.2 Å². The van der Waals surface area contributed by atoms with Crippen LogP contribution in [0.5, 0.6) is 0 Å². The van der Waals surface area contributed by atoms with Crippen LogP contribution in [0.1, 0.15) is 19.4 Å². The normalized spacial score (nSPS) is 22.2. The number of amides is 1. The van der Waals surface area contributed by atoms with Crippen LogP contribution in [0, 0.1) is 0 Å². The fraction of sp³-hybridized carbons (Fsp3) is 0.500. The van der Waals surface area contributed by atoms with Crippen molar-refractivity contribution in [2.75, 3.05) is 18.0 Å².